The van der Waals surface area contributed by atoms with E-state index in [4.69, 9.17) is 9.47 Å². The fourth-order valence-electron chi connectivity index (χ4n) is 2.21. The van der Waals surface area contributed by atoms with Crippen LogP contribution < -0.4 is 10.1 Å². The van der Waals surface area contributed by atoms with Crippen LogP contribution in [0.2, 0.25) is 0 Å². The topological polar surface area (TPSA) is 30.5 Å². The van der Waals surface area contributed by atoms with E-state index in [2.05, 4.69) is 33.4 Å². The van der Waals surface area contributed by atoms with E-state index in [1.165, 1.54) is 5.56 Å². The molecule has 0 radical (unpaired) electrons. The molecule has 0 aliphatic carbocycles. The highest BCUT2D eigenvalue weighted by Gasteiger charge is 2.14. The van der Waals surface area contributed by atoms with Gasteiger partial charge in [0.05, 0.1) is 13.7 Å². The number of hydrogen-bond donors (Lipinski definition) is 1. The molecule has 0 saturated carbocycles. The minimum Gasteiger partial charge on any atom is -0.496 e. The normalized spacial score (nSPS) is 19.1. The van der Waals surface area contributed by atoms with Crippen molar-refractivity contribution in [1.29, 1.82) is 0 Å². The maximum absolute atomic E-state index is 5.39. The Morgan fingerprint density at radius 3 is 3.11 bits per heavy atom. The van der Waals surface area contributed by atoms with E-state index in [0.717, 1.165) is 49.2 Å². The molecule has 1 N–H and O–H groups in total. The Hall–Kier alpha value is -0.580. The third-order valence-corrected chi connectivity index (χ3v) is 3.73. The lowest BCUT2D eigenvalue weighted by Gasteiger charge is -2.12. The SMILES string of the molecule is COc1cc(Br)ccc1CCCN[C@@H]1CCOC1. The van der Waals surface area contributed by atoms with Crippen LogP contribution in [0.3, 0.4) is 0 Å². The fraction of sp³-hybridized carbons (Fsp3) is 0.571. The summed E-state index contributed by atoms with van der Waals surface area (Å²) in [5, 5.41) is 3.53. The number of hydrogen-bond acceptors (Lipinski definition) is 3. The Balaban J connectivity index is 1.75. The van der Waals surface area contributed by atoms with Crippen molar-refractivity contribution in [1.82, 2.24) is 5.32 Å². The van der Waals surface area contributed by atoms with Crippen LogP contribution >= 0.6 is 15.9 Å². The van der Waals surface area contributed by atoms with Crippen molar-refractivity contribution in [2.24, 2.45) is 0 Å². The van der Waals surface area contributed by atoms with Crippen LogP contribution in [0.25, 0.3) is 0 Å². The van der Waals surface area contributed by atoms with Gasteiger partial charge in [0.15, 0.2) is 0 Å². The van der Waals surface area contributed by atoms with E-state index in [-0.39, 0.29) is 0 Å². The molecule has 0 amide bonds. The predicted octanol–water partition coefficient (Wildman–Crippen LogP) is 2.77. The maximum Gasteiger partial charge on any atom is 0.123 e. The third kappa shape index (κ3) is 3.97. The molecule has 100 valence electrons. The molecule has 1 fully saturated rings. The van der Waals surface area contributed by atoms with Crippen LogP contribution in [0.15, 0.2) is 22.7 Å². The van der Waals surface area contributed by atoms with Crippen LogP contribution in [-0.4, -0.2) is 32.9 Å². The molecular formula is C14H20BrNO2. The van der Waals surface area contributed by atoms with Crippen molar-refractivity contribution in [2.45, 2.75) is 25.3 Å². The second kappa shape index (κ2) is 7.12. The highest BCUT2D eigenvalue weighted by Crippen LogP contribution is 2.24. The largest absolute Gasteiger partial charge is 0.496 e. The van der Waals surface area contributed by atoms with Gasteiger partial charge in [0, 0.05) is 17.1 Å². The lowest BCUT2D eigenvalue weighted by atomic mass is 10.1. The monoisotopic (exact) mass is 313 g/mol. The minimum atomic E-state index is 0.553. The van der Waals surface area contributed by atoms with Gasteiger partial charge < -0.3 is 14.8 Å². The van der Waals surface area contributed by atoms with E-state index in [9.17, 15) is 0 Å². The fourth-order valence-corrected chi connectivity index (χ4v) is 2.55. The molecule has 1 aromatic carbocycles. The van der Waals surface area contributed by atoms with Gasteiger partial charge in [-0.05, 0) is 43.5 Å². The highest BCUT2D eigenvalue weighted by atomic mass is 79.9. The number of ether oxygens (including phenoxy) is 2. The minimum absolute atomic E-state index is 0.553. The Morgan fingerprint density at radius 2 is 2.39 bits per heavy atom. The molecule has 0 spiro atoms. The van der Waals surface area contributed by atoms with Gasteiger partial charge in [-0.2, -0.15) is 0 Å². The molecule has 1 atom stereocenters. The summed E-state index contributed by atoms with van der Waals surface area (Å²) in [6, 6.07) is 6.77. The van der Waals surface area contributed by atoms with Crippen molar-refractivity contribution >= 4 is 15.9 Å². The van der Waals surface area contributed by atoms with Crippen LogP contribution in [0.4, 0.5) is 0 Å². The Morgan fingerprint density at radius 1 is 1.50 bits per heavy atom. The molecule has 2 rings (SSSR count). The van der Waals surface area contributed by atoms with Gasteiger partial charge in [-0.15, -0.1) is 0 Å². The first kappa shape index (κ1) is 13.8. The Labute approximate surface area is 117 Å². The Kier molecular flexibility index (Phi) is 5.47. The van der Waals surface area contributed by atoms with Gasteiger partial charge in [-0.1, -0.05) is 22.0 Å². The number of methoxy groups -OCH3 is 1. The van der Waals surface area contributed by atoms with E-state index in [1.807, 2.05) is 6.07 Å². The van der Waals surface area contributed by atoms with Gasteiger partial charge in [0.2, 0.25) is 0 Å². The first-order valence-electron chi connectivity index (χ1n) is 6.43. The number of nitrogens with one attached hydrogen (secondary N) is 1. The average molecular weight is 314 g/mol. The van der Waals surface area contributed by atoms with Crippen molar-refractivity contribution in [3.63, 3.8) is 0 Å². The molecule has 1 aliphatic heterocycles. The number of aryl methyl sites for hydroxylation is 1. The van der Waals surface area contributed by atoms with Crippen molar-refractivity contribution < 1.29 is 9.47 Å². The summed E-state index contributed by atoms with van der Waals surface area (Å²) in [6.45, 7) is 2.80. The standard InChI is InChI=1S/C14H20BrNO2/c1-17-14-9-12(15)5-4-11(14)3-2-7-16-13-6-8-18-10-13/h4-5,9,13,16H,2-3,6-8,10H2,1H3/t13-/m1/s1. The third-order valence-electron chi connectivity index (χ3n) is 3.23. The second-order valence-corrected chi connectivity index (χ2v) is 5.49. The zero-order valence-corrected chi connectivity index (χ0v) is 12.3. The van der Waals surface area contributed by atoms with Crippen molar-refractivity contribution in [3.8, 4) is 5.75 Å². The lowest BCUT2D eigenvalue weighted by Crippen LogP contribution is -2.30. The first-order chi connectivity index (χ1) is 8.79. The first-order valence-corrected chi connectivity index (χ1v) is 7.22. The van der Waals surface area contributed by atoms with Crippen molar-refractivity contribution in [3.05, 3.63) is 28.2 Å². The zero-order valence-electron chi connectivity index (χ0n) is 10.7. The molecule has 1 heterocycles. The summed E-state index contributed by atoms with van der Waals surface area (Å²) in [7, 11) is 1.72. The molecule has 0 aromatic heterocycles. The van der Waals surface area contributed by atoms with Gasteiger partial charge in [-0.25, -0.2) is 0 Å². The highest BCUT2D eigenvalue weighted by molar-refractivity contribution is 9.10. The Bertz CT molecular complexity index is 378. The van der Waals surface area contributed by atoms with Crippen molar-refractivity contribution in [2.75, 3.05) is 26.9 Å². The van der Waals surface area contributed by atoms with Gasteiger partial charge in [0.25, 0.3) is 0 Å². The molecule has 0 unspecified atom stereocenters. The molecule has 18 heavy (non-hydrogen) atoms. The van der Waals surface area contributed by atoms with Gasteiger partial charge in [0.1, 0.15) is 5.75 Å². The molecule has 4 heteroatoms. The zero-order chi connectivity index (χ0) is 12.8. The smallest absolute Gasteiger partial charge is 0.123 e. The number of benzene rings is 1. The second-order valence-electron chi connectivity index (χ2n) is 4.57. The molecule has 1 saturated heterocycles. The summed E-state index contributed by atoms with van der Waals surface area (Å²) in [6.07, 6.45) is 3.30. The summed E-state index contributed by atoms with van der Waals surface area (Å²) in [4.78, 5) is 0. The summed E-state index contributed by atoms with van der Waals surface area (Å²) >= 11 is 3.46. The van der Waals surface area contributed by atoms with Crippen LogP contribution in [0.1, 0.15) is 18.4 Å². The van der Waals surface area contributed by atoms with E-state index < -0.39 is 0 Å². The number of halogens is 1. The van der Waals surface area contributed by atoms with Gasteiger partial charge >= 0.3 is 0 Å². The van der Waals surface area contributed by atoms with E-state index >= 15 is 0 Å². The summed E-state index contributed by atoms with van der Waals surface area (Å²) in [5.41, 5.74) is 1.27. The van der Waals surface area contributed by atoms with Gasteiger partial charge in [-0.3, -0.25) is 0 Å². The predicted molar refractivity (Wildman–Crippen MR) is 76.2 cm³/mol. The maximum atomic E-state index is 5.39. The number of rotatable bonds is 6. The summed E-state index contributed by atoms with van der Waals surface area (Å²) in [5.74, 6) is 0.966. The van der Waals surface area contributed by atoms with E-state index in [0.29, 0.717) is 6.04 Å². The molecule has 3 nitrogen and oxygen atoms in total. The van der Waals surface area contributed by atoms with Crippen LogP contribution in [-0.2, 0) is 11.2 Å². The van der Waals surface area contributed by atoms with E-state index in [1.54, 1.807) is 7.11 Å². The molecular weight excluding hydrogens is 294 g/mol. The van der Waals surface area contributed by atoms with Crippen LogP contribution in [0.5, 0.6) is 5.75 Å². The average Bonchev–Trinajstić information content (AvgIpc) is 2.89. The molecule has 1 aliphatic rings. The lowest BCUT2D eigenvalue weighted by molar-refractivity contribution is 0.190. The molecule has 0 bridgehead atoms. The molecule has 1 aromatic rings. The summed E-state index contributed by atoms with van der Waals surface area (Å²) < 4.78 is 11.8. The quantitative estimate of drug-likeness (QED) is 0.819. The van der Waals surface area contributed by atoms with Crippen LogP contribution in [0, 0.1) is 0 Å².